The van der Waals surface area contributed by atoms with Crippen molar-refractivity contribution in [3.05, 3.63) is 18.1 Å². The molecule has 0 bridgehead atoms. The molecule has 0 saturated carbocycles. The molecule has 0 spiro atoms. The van der Waals surface area contributed by atoms with Gasteiger partial charge in [-0.25, -0.2) is 9.97 Å². The predicted octanol–water partition coefficient (Wildman–Crippen LogP) is 2.20. The number of methoxy groups -OCH3 is 1. The molecule has 1 fully saturated rings. The van der Waals surface area contributed by atoms with Gasteiger partial charge in [0, 0.05) is 24.8 Å². The molecule has 94 valence electrons. The number of rotatable bonds is 4. The third-order valence-corrected chi connectivity index (χ3v) is 3.82. The van der Waals surface area contributed by atoms with Crippen molar-refractivity contribution in [1.82, 2.24) is 9.97 Å². The Labute approximate surface area is 106 Å². The van der Waals surface area contributed by atoms with Crippen LogP contribution in [0.1, 0.15) is 25.5 Å². The smallest absolute Gasteiger partial charge is 0.216 e. The molecule has 0 aliphatic carbocycles. The second kappa shape index (κ2) is 5.19. The zero-order valence-corrected chi connectivity index (χ0v) is 10.9. The lowest BCUT2D eigenvalue weighted by Crippen LogP contribution is -2.36. The van der Waals surface area contributed by atoms with Gasteiger partial charge in [-0.05, 0) is 19.8 Å². The topological polar surface area (TPSA) is 44.2 Å². The fraction of sp³-hybridized carbons (Fsp3) is 0.667. The number of hydrogen-bond acceptors (Lipinski definition) is 4. The van der Waals surface area contributed by atoms with Gasteiger partial charge in [0.2, 0.25) is 5.88 Å². The minimum Gasteiger partial charge on any atom is -0.481 e. The van der Waals surface area contributed by atoms with Gasteiger partial charge in [-0.2, -0.15) is 0 Å². The van der Waals surface area contributed by atoms with Gasteiger partial charge in [-0.3, -0.25) is 0 Å². The average molecular weight is 257 g/mol. The van der Waals surface area contributed by atoms with Gasteiger partial charge in [0.1, 0.15) is 6.33 Å². The van der Waals surface area contributed by atoms with Crippen LogP contribution in [0.5, 0.6) is 5.88 Å². The first-order valence-electron chi connectivity index (χ1n) is 5.77. The Morgan fingerprint density at radius 2 is 2.41 bits per heavy atom. The van der Waals surface area contributed by atoms with Crippen LogP contribution in [0.4, 0.5) is 0 Å². The lowest BCUT2D eigenvalue weighted by Gasteiger charge is -2.28. The van der Waals surface area contributed by atoms with Gasteiger partial charge in [0.15, 0.2) is 0 Å². The Balaban J connectivity index is 2.04. The van der Waals surface area contributed by atoms with Gasteiger partial charge >= 0.3 is 0 Å². The van der Waals surface area contributed by atoms with Crippen LogP contribution >= 0.6 is 11.6 Å². The van der Waals surface area contributed by atoms with E-state index in [2.05, 4.69) is 16.9 Å². The number of halogens is 1. The molecule has 0 N–H and O–H groups in total. The van der Waals surface area contributed by atoms with Crippen LogP contribution in [0, 0.1) is 0 Å². The van der Waals surface area contributed by atoms with Crippen molar-refractivity contribution in [2.75, 3.05) is 13.7 Å². The van der Waals surface area contributed by atoms with E-state index < -0.39 is 0 Å². The van der Waals surface area contributed by atoms with Crippen LogP contribution in [0.25, 0.3) is 0 Å². The molecule has 1 aliphatic heterocycles. The van der Waals surface area contributed by atoms with Crippen molar-refractivity contribution in [2.24, 2.45) is 0 Å². The van der Waals surface area contributed by atoms with Crippen molar-refractivity contribution in [3.63, 3.8) is 0 Å². The van der Waals surface area contributed by atoms with E-state index in [-0.39, 0.29) is 11.0 Å². The number of hydrogen-bond donors (Lipinski definition) is 0. The highest BCUT2D eigenvalue weighted by Gasteiger charge is 2.37. The molecule has 4 nitrogen and oxygen atoms in total. The molecule has 2 unspecified atom stereocenters. The molecular weight excluding hydrogens is 240 g/mol. The Bertz CT molecular complexity index is 381. The molecule has 17 heavy (non-hydrogen) atoms. The zero-order valence-electron chi connectivity index (χ0n) is 10.1. The number of nitrogens with zero attached hydrogens (tertiary/aromatic N) is 2. The van der Waals surface area contributed by atoms with E-state index in [4.69, 9.17) is 21.1 Å². The molecule has 1 aromatic rings. The van der Waals surface area contributed by atoms with E-state index in [0.717, 1.165) is 25.1 Å². The highest BCUT2D eigenvalue weighted by molar-refractivity contribution is 6.21. The van der Waals surface area contributed by atoms with Crippen LogP contribution < -0.4 is 4.74 Å². The van der Waals surface area contributed by atoms with Crippen molar-refractivity contribution in [2.45, 2.75) is 37.2 Å². The van der Waals surface area contributed by atoms with E-state index in [1.54, 1.807) is 7.11 Å². The number of aromatic nitrogens is 2. The first-order chi connectivity index (χ1) is 8.14. The summed E-state index contributed by atoms with van der Waals surface area (Å²) in [5, 5.41) is -0.0791. The van der Waals surface area contributed by atoms with E-state index in [0.29, 0.717) is 12.3 Å². The fourth-order valence-electron chi connectivity index (χ4n) is 2.05. The quantitative estimate of drug-likeness (QED) is 0.775. The molecule has 1 saturated heterocycles. The Morgan fingerprint density at radius 1 is 1.59 bits per heavy atom. The van der Waals surface area contributed by atoms with Gasteiger partial charge in [0.25, 0.3) is 0 Å². The SMILES string of the molecule is COc1cc(CC(Cl)C2(C)CCCO2)ncn1. The summed E-state index contributed by atoms with van der Waals surface area (Å²) in [6, 6.07) is 1.81. The third-order valence-electron chi connectivity index (χ3n) is 3.21. The second-order valence-electron chi connectivity index (χ2n) is 4.49. The zero-order chi connectivity index (χ0) is 12.3. The summed E-state index contributed by atoms with van der Waals surface area (Å²) >= 11 is 6.43. The summed E-state index contributed by atoms with van der Waals surface area (Å²) in [4.78, 5) is 8.17. The summed E-state index contributed by atoms with van der Waals surface area (Å²) in [6.07, 6.45) is 4.24. The second-order valence-corrected chi connectivity index (χ2v) is 5.01. The van der Waals surface area contributed by atoms with Gasteiger partial charge in [0.05, 0.1) is 18.1 Å². The number of ether oxygens (including phenoxy) is 2. The molecular formula is C12H17ClN2O2. The third kappa shape index (κ3) is 2.87. The van der Waals surface area contributed by atoms with Gasteiger partial charge in [-0.1, -0.05) is 0 Å². The largest absolute Gasteiger partial charge is 0.481 e. The van der Waals surface area contributed by atoms with Crippen LogP contribution in [-0.4, -0.2) is 34.7 Å². The van der Waals surface area contributed by atoms with Crippen LogP contribution in [0.15, 0.2) is 12.4 Å². The molecule has 1 aliphatic rings. The lowest BCUT2D eigenvalue weighted by atomic mass is 9.95. The van der Waals surface area contributed by atoms with Crippen molar-refractivity contribution in [3.8, 4) is 5.88 Å². The molecule has 2 heterocycles. The van der Waals surface area contributed by atoms with E-state index in [1.807, 2.05) is 6.07 Å². The first-order valence-corrected chi connectivity index (χ1v) is 6.20. The Hall–Kier alpha value is -0.870. The molecule has 0 radical (unpaired) electrons. The highest BCUT2D eigenvalue weighted by atomic mass is 35.5. The van der Waals surface area contributed by atoms with E-state index in [1.165, 1.54) is 6.33 Å². The maximum absolute atomic E-state index is 6.43. The minimum absolute atomic E-state index is 0.0791. The van der Waals surface area contributed by atoms with Crippen molar-refractivity contribution < 1.29 is 9.47 Å². The Kier molecular flexibility index (Phi) is 3.84. The minimum atomic E-state index is -0.236. The van der Waals surface area contributed by atoms with Crippen molar-refractivity contribution >= 4 is 11.6 Å². The maximum atomic E-state index is 6.43. The molecule has 5 heteroatoms. The first kappa shape index (κ1) is 12.6. The van der Waals surface area contributed by atoms with Crippen molar-refractivity contribution in [1.29, 1.82) is 0 Å². The normalized spacial score (nSPS) is 25.8. The predicted molar refractivity (Wildman–Crippen MR) is 65.5 cm³/mol. The Morgan fingerprint density at radius 3 is 3.06 bits per heavy atom. The van der Waals surface area contributed by atoms with Crippen LogP contribution in [-0.2, 0) is 11.2 Å². The van der Waals surface area contributed by atoms with E-state index in [9.17, 15) is 0 Å². The maximum Gasteiger partial charge on any atom is 0.216 e. The molecule has 0 amide bonds. The van der Waals surface area contributed by atoms with E-state index >= 15 is 0 Å². The molecule has 2 rings (SSSR count). The summed E-state index contributed by atoms with van der Waals surface area (Å²) in [6.45, 7) is 2.86. The molecule has 0 aromatic carbocycles. The van der Waals surface area contributed by atoms with Crippen LogP contribution in [0.3, 0.4) is 0 Å². The standard InChI is InChI=1S/C12H17ClN2O2/c1-12(4-3-5-17-12)10(13)6-9-7-11(16-2)15-8-14-9/h7-8,10H,3-6H2,1-2H3. The van der Waals surface area contributed by atoms with Gasteiger partial charge in [-0.15, -0.1) is 11.6 Å². The summed E-state index contributed by atoms with van der Waals surface area (Å²) in [7, 11) is 1.59. The number of alkyl halides is 1. The van der Waals surface area contributed by atoms with Gasteiger partial charge < -0.3 is 9.47 Å². The fourth-order valence-corrected chi connectivity index (χ4v) is 2.38. The lowest BCUT2D eigenvalue weighted by molar-refractivity contribution is 0.0167. The monoisotopic (exact) mass is 256 g/mol. The van der Waals surface area contributed by atoms with Crippen LogP contribution in [0.2, 0.25) is 0 Å². The summed E-state index contributed by atoms with van der Waals surface area (Å²) in [5.74, 6) is 0.566. The molecule has 2 atom stereocenters. The molecule has 1 aromatic heterocycles. The summed E-state index contributed by atoms with van der Waals surface area (Å²) in [5.41, 5.74) is 0.647. The highest BCUT2D eigenvalue weighted by Crippen LogP contribution is 2.33. The average Bonchev–Trinajstić information content (AvgIpc) is 2.78. The summed E-state index contributed by atoms with van der Waals surface area (Å²) < 4.78 is 10.8.